The van der Waals surface area contributed by atoms with E-state index in [0.717, 1.165) is 9.13 Å². The molecule has 0 aliphatic heterocycles. The lowest BCUT2D eigenvalue weighted by Crippen LogP contribution is -3.06. The molecule has 106 valence electrons. The second-order valence-electron chi connectivity index (χ2n) is 4.87. The molecule has 0 radical (unpaired) electrons. The van der Waals surface area contributed by atoms with Gasteiger partial charge < -0.3 is 10.2 Å². The third kappa shape index (κ3) is 4.04. The van der Waals surface area contributed by atoms with E-state index in [-0.39, 0.29) is 5.91 Å². The summed E-state index contributed by atoms with van der Waals surface area (Å²) in [5.41, 5.74) is 0.718. The van der Waals surface area contributed by atoms with E-state index in [2.05, 4.69) is 59.5 Å². The van der Waals surface area contributed by atoms with Gasteiger partial charge in [0.05, 0.1) is 25.5 Å². The van der Waals surface area contributed by atoms with Crippen LogP contribution in [0.3, 0.4) is 0 Å². The third-order valence-electron chi connectivity index (χ3n) is 3.14. The predicted octanol–water partition coefficient (Wildman–Crippen LogP) is 1.97. The number of amides is 1. The van der Waals surface area contributed by atoms with Gasteiger partial charge in [-0.2, -0.15) is 0 Å². The SMILES string of the molecule is C[NH+](C)[C@H](CNC(=O)c1cccc(I)c1)c1cccs1. The predicted molar refractivity (Wildman–Crippen MR) is 91.4 cm³/mol. The molecule has 0 unspecified atom stereocenters. The van der Waals surface area contributed by atoms with E-state index in [9.17, 15) is 4.79 Å². The van der Waals surface area contributed by atoms with E-state index in [1.165, 1.54) is 9.78 Å². The lowest BCUT2D eigenvalue weighted by molar-refractivity contribution is -0.890. The van der Waals surface area contributed by atoms with Crippen LogP contribution in [0.15, 0.2) is 41.8 Å². The van der Waals surface area contributed by atoms with Gasteiger partial charge in [0.1, 0.15) is 6.04 Å². The van der Waals surface area contributed by atoms with E-state index in [1.807, 2.05) is 24.3 Å². The minimum Gasteiger partial charge on any atom is -0.346 e. The van der Waals surface area contributed by atoms with Crippen molar-refractivity contribution in [3.05, 3.63) is 55.8 Å². The zero-order chi connectivity index (χ0) is 14.5. The van der Waals surface area contributed by atoms with Gasteiger partial charge in [-0.15, -0.1) is 11.3 Å². The number of quaternary nitrogens is 1. The molecule has 2 N–H and O–H groups in total. The minimum absolute atomic E-state index is 0.00804. The summed E-state index contributed by atoms with van der Waals surface area (Å²) in [6.07, 6.45) is 0. The molecule has 0 fully saturated rings. The molecule has 0 aliphatic rings. The number of hydrogen-bond donors (Lipinski definition) is 2. The molecule has 1 amide bonds. The first-order chi connectivity index (χ1) is 9.58. The van der Waals surface area contributed by atoms with E-state index in [0.29, 0.717) is 12.6 Å². The summed E-state index contributed by atoms with van der Waals surface area (Å²) in [7, 11) is 4.23. The molecule has 2 aromatic rings. The molecule has 5 heteroatoms. The smallest absolute Gasteiger partial charge is 0.251 e. The molecule has 3 nitrogen and oxygen atoms in total. The van der Waals surface area contributed by atoms with Gasteiger partial charge in [0.15, 0.2) is 0 Å². The molecular formula is C15H18IN2OS+. The maximum atomic E-state index is 12.2. The number of halogens is 1. The Balaban J connectivity index is 2.01. The normalized spacial score (nSPS) is 12.4. The average molecular weight is 401 g/mol. The summed E-state index contributed by atoms with van der Waals surface area (Å²) in [5.74, 6) is -0.00804. The fraction of sp³-hybridized carbons (Fsp3) is 0.267. The zero-order valence-corrected chi connectivity index (χ0v) is 14.5. The van der Waals surface area contributed by atoms with Crippen molar-refractivity contribution < 1.29 is 9.69 Å². The molecule has 1 atom stereocenters. The number of likely N-dealkylation sites (N-methyl/N-ethyl adjacent to an activating group) is 1. The summed E-state index contributed by atoms with van der Waals surface area (Å²) < 4.78 is 1.07. The van der Waals surface area contributed by atoms with E-state index >= 15 is 0 Å². The Morgan fingerprint density at radius 1 is 1.35 bits per heavy atom. The second kappa shape index (κ2) is 7.19. The van der Waals surface area contributed by atoms with Gasteiger partial charge >= 0.3 is 0 Å². The highest BCUT2D eigenvalue weighted by Crippen LogP contribution is 2.16. The molecule has 0 aliphatic carbocycles. The molecule has 0 saturated heterocycles. The third-order valence-corrected chi connectivity index (χ3v) is 4.79. The lowest BCUT2D eigenvalue weighted by atomic mass is 10.2. The van der Waals surface area contributed by atoms with E-state index in [1.54, 1.807) is 11.3 Å². The van der Waals surface area contributed by atoms with Gasteiger partial charge in [0.25, 0.3) is 5.91 Å². The highest BCUT2D eigenvalue weighted by Gasteiger charge is 2.19. The number of carbonyl (C=O) groups is 1. The summed E-state index contributed by atoms with van der Waals surface area (Å²) >= 11 is 3.95. The molecule has 1 aromatic carbocycles. The fourth-order valence-electron chi connectivity index (χ4n) is 2.01. The topological polar surface area (TPSA) is 33.5 Å². The van der Waals surface area contributed by atoms with Crippen LogP contribution in [-0.4, -0.2) is 26.5 Å². The van der Waals surface area contributed by atoms with Gasteiger partial charge in [-0.1, -0.05) is 12.1 Å². The summed E-state index contributed by atoms with van der Waals surface area (Å²) in [4.78, 5) is 14.8. The van der Waals surface area contributed by atoms with Gasteiger partial charge in [-0.05, 0) is 52.2 Å². The Morgan fingerprint density at radius 3 is 2.75 bits per heavy atom. The number of benzene rings is 1. The number of nitrogens with one attached hydrogen (secondary N) is 2. The average Bonchev–Trinajstić information content (AvgIpc) is 2.92. The number of thiophene rings is 1. The first-order valence-electron chi connectivity index (χ1n) is 6.45. The zero-order valence-electron chi connectivity index (χ0n) is 11.5. The quantitative estimate of drug-likeness (QED) is 0.739. The minimum atomic E-state index is -0.00804. The van der Waals surface area contributed by atoms with Gasteiger partial charge in [-0.25, -0.2) is 0 Å². The Kier molecular flexibility index (Phi) is 5.56. The Morgan fingerprint density at radius 2 is 2.15 bits per heavy atom. The van der Waals surface area contributed by atoms with Crippen LogP contribution in [0.2, 0.25) is 0 Å². The Hall–Kier alpha value is -0.920. The van der Waals surface area contributed by atoms with Crippen LogP contribution in [0.25, 0.3) is 0 Å². The van der Waals surface area contributed by atoms with Crippen LogP contribution in [-0.2, 0) is 0 Å². The maximum absolute atomic E-state index is 12.2. The van der Waals surface area contributed by atoms with Crippen LogP contribution in [0.1, 0.15) is 21.3 Å². The van der Waals surface area contributed by atoms with Crippen molar-refractivity contribution in [2.24, 2.45) is 0 Å². The van der Waals surface area contributed by atoms with Crippen LogP contribution >= 0.6 is 33.9 Å². The van der Waals surface area contributed by atoms with Crippen molar-refractivity contribution in [1.82, 2.24) is 5.32 Å². The molecule has 2 rings (SSSR count). The summed E-state index contributed by atoms with van der Waals surface area (Å²) in [6, 6.07) is 12.1. The Bertz CT molecular complexity index is 569. The summed E-state index contributed by atoms with van der Waals surface area (Å²) in [6.45, 7) is 0.646. The first kappa shape index (κ1) is 15.5. The van der Waals surface area contributed by atoms with Gasteiger partial charge in [-0.3, -0.25) is 4.79 Å². The molecule has 20 heavy (non-hydrogen) atoms. The lowest BCUT2D eigenvalue weighted by Gasteiger charge is -2.20. The van der Waals surface area contributed by atoms with Crippen molar-refractivity contribution in [3.8, 4) is 0 Å². The highest BCUT2D eigenvalue weighted by molar-refractivity contribution is 14.1. The Labute approximate surface area is 137 Å². The molecule has 1 heterocycles. The standard InChI is InChI=1S/C15H17IN2OS/c1-18(2)13(14-7-4-8-20-14)10-17-15(19)11-5-3-6-12(16)9-11/h3-9,13H,10H2,1-2H3,(H,17,19)/p+1/t13-/m1/s1. The van der Waals surface area contributed by atoms with Crippen LogP contribution in [0, 0.1) is 3.57 Å². The monoisotopic (exact) mass is 401 g/mol. The van der Waals surface area contributed by atoms with Crippen molar-refractivity contribution in [2.75, 3.05) is 20.6 Å². The van der Waals surface area contributed by atoms with Crippen LogP contribution in [0.5, 0.6) is 0 Å². The number of hydrogen-bond acceptors (Lipinski definition) is 2. The van der Waals surface area contributed by atoms with E-state index in [4.69, 9.17) is 0 Å². The van der Waals surface area contributed by atoms with Gasteiger partial charge in [0.2, 0.25) is 0 Å². The van der Waals surface area contributed by atoms with Crippen LogP contribution < -0.4 is 10.2 Å². The first-order valence-corrected chi connectivity index (χ1v) is 8.41. The van der Waals surface area contributed by atoms with Crippen molar-refractivity contribution >= 4 is 39.8 Å². The number of carbonyl (C=O) groups excluding carboxylic acids is 1. The van der Waals surface area contributed by atoms with Gasteiger partial charge in [0, 0.05) is 9.13 Å². The molecule has 0 bridgehead atoms. The molecule has 1 aromatic heterocycles. The summed E-state index contributed by atoms with van der Waals surface area (Å²) in [5, 5.41) is 5.12. The molecule has 0 saturated carbocycles. The number of rotatable bonds is 5. The molecular weight excluding hydrogens is 383 g/mol. The maximum Gasteiger partial charge on any atom is 0.251 e. The highest BCUT2D eigenvalue weighted by atomic mass is 127. The largest absolute Gasteiger partial charge is 0.346 e. The van der Waals surface area contributed by atoms with Crippen molar-refractivity contribution in [1.29, 1.82) is 0 Å². The van der Waals surface area contributed by atoms with Crippen LogP contribution in [0.4, 0.5) is 0 Å². The van der Waals surface area contributed by atoms with E-state index < -0.39 is 0 Å². The molecule has 0 spiro atoms. The fourth-order valence-corrected chi connectivity index (χ4v) is 3.50. The second-order valence-corrected chi connectivity index (χ2v) is 7.09. The van der Waals surface area contributed by atoms with Crippen molar-refractivity contribution in [2.45, 2.75) is 6.04 Å². The van der Waals surface area contributed by atoms with Crippen molar-refractivity contribution in [3.63, 3.8) is 0 Å².